The Morgan fingerprint density at radius 1 is 0.775 bits per heavy atom. The first-order chi connectivity index (χ1) is 19.5. The maximum Gasteiger partial charge on any atom is 0.344 e. The number of hydrogen-bond donors (Lipinski definition) is 2. The molecule has 5 rings (SSSR count). The second kappa shape index (κ2) is 12.0. The number of amides is 1. The van der Waals surface area contributed by atoms with E-state index in [1.165, 1.54) is 13.1 Å². The Hall–Kier alpha value is -5.43. The molecule has 0 saturated heterocycles. The molecular formula is C33H27N3O4. The third-order valence-corrected chi connectivity index (χ3v) is 6.33. The second-order valence-electron chi connectivity index (χ2n) is 9.08. The van der Waals surface area contributed by atoms with Crippen LogP contribution in [-0.2, 0) is 4.79 Å². The predicted octanol–water partition coefficient (Wildman–Crippen LogP) is 6.43. The number of carbonyl (C=O) groups is 2. The van der Waals surface area contributed by atoms with E-state index in [2.05, 4.69) is 51.5 Å². The lowest BCUT2D eigenvalue weighted by Crippen LogP contribution is -2.22. The van der Waals surface area contributed by atoms with Gasteiger partial charge in [0.1, 0.15) is 5.75 Å². The molecule has 40 heavy (non-hydrogen) atoms. The van der Waals surface area contributed by atoms with Crippen LogP contribution < -0.4 is 10.2 Å². The lowest BCUT2D eigenvalue weighted by Gasteiger charge is -2.15. The number of hydrazone groups is 1. The van der Waals surface area contributed by atoms with Crippen LogP contribution in [-0.4, -0.2) is 33.9 Å². The van der Waals surface area contributed by atoms with E-state index in [0.29, 0.717) is 11.3 Å². The molecule has 7 heteroatoms. The molecule has 1 atom stereocenters. The average Bonchev–Trinajstić information content (AvgIpc) is 3.44. The van der Waals surface area contributed by atoms with Crippen LogP contribution in [0.2, 0.25) is 0 Å². The highest BCUT2D eigenvalue weighted by molar-refractivity contribution is 5.95. The van der Waals surface area contributed by atoms with Crippen molar-refractivity contribution in [1.29, 1.82) is 0 Å². The van der Waals surface area contributed by atoms with Gasteiger partial charge in [-0.15, -0.1) is 0 Å². The number of nitrogens with zero attached hydrogens (tertiary/aromatic N) is 2. The number of aromatic nitrogens is 1. The molecule has 7 nitrogen and oxygen atoms in total. The van der Waals surface area contributed by atoms with E-state index < -0.39 is 12.1 Å². The van der Waals surface area contributed by atoms with Crippen molar-refractivity contribution in [3.63, 3.8) is 0 Å². The van der Waals surface area contributed by atoms with Gasteiger partial charge in [0, 0.05) is 11.3 Å². The molecule has 0 aliphatic heterocycles. The Bertz CT molecular complexity index is 1570. The van der Waals surface area contributed by atoms with Gasteiger partial charge in [-0.05, 0) is 84.3 Å². The Balaban J connectivity index is 1.32. The van der Waals surface area contributed by atoms with Crippen LogP contribution in [0.1, 0.15) is 22.8 Å². The van der Waals surface area contributed by atoms with E-state index in [4.69, 9.17) is 9.84 Å². The third kappa shape index (κ3) is 6.00. The summed E-state index contributed by atoms with van der Waals surface area (Å²) >= 11 is 0. The van der Waals surface area contributed by atoms with Crippen LogP contribution in [0.25, 0.3) is 28.2 Å². The molecule has 0 aliphatic rings. The zero-order valence-electron chi connectivity index (χ0n) is 21.8. The van der Waals surface area contributed by atoms with Crippen molar-refractivity contribution in [3.05, 3.63) is 132 Å². The number of hydrogen-bond acceptors (Lipinski definition) is 4. The number of nitrogens with one attached hydrogen (secondary N) is 1. The molecule has 1 heterocycles. The second-order valence-corrected chi connectivity index (χ2v) is 9.08. The van der Waals surface area contributed by atoms with Gasteiger partial charge in [-0.25, -0.2) is 10.2 Å². The van der Waals surface area contributed by atoms with Gasteiger partial charge in [-0.2, -0.15) is 5.10 Å². The number of rotatable bonds is 9. The van der Waals surface area contributed by atoms with Gasteiger partial charge in [0.05, 0.1) is 17.6 Å². The van der Waals surface area contributed by atoms with E-state index in [1.54, 1.807) is 36.4 Å². The van der Waals surface area contributed by atoms with Crippen molar-refractivity contribution in [2.24, 2.45) is 5.10 Å². The normalized spacial score (nSPS) is 11.7. The summed E-state index contributed by atoms with van der Waals surface area (Å²) in [5.74, 6) is -0.940. The molecule has 1 amide bonds. The number of benzene rings is 4. The molecule has 0 aliphatic carbocycles. The first-order valence-corrected chi connectivity index (χ1v) is 12.8. The quantitative estimate of drug-likeness (QED) is 0.170. The fourth-order valence-corrected chi connectivity index (χ4v) is 4.26. The van der Waals surface area contributed by atoms with Gasteiger partial charge in [0.2, 0.25) is 0 Å². The van der Waals surface area contributed by atoms with Gasteiger partial charge in [0.25, 0.3) is 5.91 Å². The molecule has 2 N–H and O–H groups in total. The van der Waals surface area contributed by atoms with Gasteiger partial charge >= 0.3 is 5.97 Å². The topological polar surface area (TPSA) is 92.9 Å². The first-order valence-electron chi connectivity index (χ1n) is 12.8. The SMILES string of the molecule is C[C@@H](Oc1ccc(/C=N\NC(=O)c2ccc(-n3c(-c4ccccc4)ccc3-c3ccccc3)cc2)cc1)C(=O)O. The van der Waals surface area contributed by atoms with Crippen LogP contribution in [0.15, 0.2) is 126 Å². The molecule has 0 fully saturated rings. The lowest BCUT2D eigenvalue weighted by molar-refractivity contribution is -0.144. The Morgan fingerprint density at radius 3 is 1.85 bits per heavy atom. The van der Waals surface area contributed by atoms with E-state index in [1.807, 2.05) is 48.5 Å². The Morgan fingerprint density at radius 2 is 1.32 bits per heavy atom. The number of ether oxygens (including phenoxy) is 1. The van der Waals surface area contributed by atoms with Crippen LogP contribution in [0.3, 0.4) is 0 Å². The van der Waals surface area contributed by atoms with E-state index in [-0.39, 0.29) is 5.91 Å². The zero-order valence-corrected chi connectivity index (χ0v) is 21.8. The summed E-state index contributed by atoms with van der Waals surface area (Å²) in [7, 11) is 0. The largest absolute Gasteiger partial charge is 0.479 e. The van der Waals surface area contributed by atoms with Crippen molar-refractivity contribution in [1.82, 2.24) is 9.99 Å². The smallest absolute Gasteiger partial charge is 0.344 e. The maximum atomic E-state index is 12.7. The minimum Gasteiger partial charge on any atom is -0.479 e. The number of carbonyl (C=O) groups excluding carboxylic acids is 1. The minimum absolute atomic E-state index is 0.336. The minimum atomic E-state index is -1.04. The fraction of sp³-hybridized carbons (Fsp3) is 0.0606. The monoisotopic (exact) mass is 529 g/mol. The van der Waals surface area contributed by atoms with Crippen LogP contribution >= 0.6 is 0 Å². The molecule has 0 spiro atoms. The Kier molecular flexibility index (Phi) is 7.83. The highest BCUT2D eigenvalue weighted by Crippen LogP contribution is 2.32. The van der Waals surface area contributed by atoms with E-state index >= 15 is 0 Å². The van der Waals surface area contributed by atoms with Crippen LogP contribution in [0, 0.1) is 0 Å². The average molecular weight is 530 g/mol. The Labute approximate surface area is 232 Å². The molecule has 198 valence electrons. The molecule has 0 bridgehead atoms. The molecular weight excluding hydrogens is 502 g/mol. The van der Waals surface area contributed by atoms with Crippen molar-refractivity contribution < 1.29 is 19.4 Å². The maximum absolute atomic E-state index is 12.7. The molecule has 0 radical (unpaired) electrons. The number of carboxylic acid groups (broad SMARTS) is 1. The summed E-state index contributed by atoms with van der Waals surface area (Å²) in [4.78, 5) is 23.7. The summed E-state index contributed by atoms with van der Waals surface area (Å²) in [6, 6.07) is 38.8. The summed E-state index contributed by atoms with van der Waals surface area (Å²) in [5, 5.41) is 13.0. The molecule has 0 saturated carbocycles. The highest BCUT2D eigenvalue weighted by Gasteiger charge is 2.15. The fourth-order valence-electron chi connectivity index (χ4n) is 4.26. The van der Waals surface area contributed by atoms with Gasteiger partial charge in [-0.3, -0.25) is 4.79 Å². The van der Waals surface area contributed by atoms with Crippen molar-refractivity contribution in [3.8, 4) is 34.0 Å². The van der Waals surface area contributed by atoms with Crippen molar-refractivity contribution >= 4 is 18.1 Å². The molecule has 0 unspecified atom stereocenters. The van der Waals surface area contributed by atoms with E-state index in [0.717, 1.165) is 33.8 Å². The summed E-state index contributed by atoms with van der Waals surface area (Å²) in [5.41, 5.74) is 8.97. The van der Waals surface area contributed by atoms with Gasteiger partial charge < -0.3 is 14.4 Å². The molecule has 5 aromatic rings. The summed E-state index contributed by atoms with van der Waals surface area (Å²) in [6.07, 6.45) is 0.562. The predicted molar refractivity (Wildman–Crippen MR) is 156 cm³/mol. The van der Waals surface area contributed by atoms with Crippen LogP contribution in [0.5, 0.6) is 5.75 Å². The third-order valence-electron chi connectivity index (χ3n) is 6.33. The highest BCUT2D eigenvalue weighted by atomic mass is 16.5. The molecule has 1 aromatic heterocycles. The lowest BCUT2D eigenvalue weighted by atomic mass is 10.1. The van der Waals surface area contributed by atoms with Crippen molar-refractivity contribution in [2.75, 3.05) is 0 Å². The van der Waals surface area contributed by atoms with Gasteiger partial charge in [-0.1, -0.05) is 60.7 Å². The zero-order chi connectivity index (χ0) is 27.9. The summed E-state index contributed by atoms with van der Waals surface area (Å²) < 4.78 is 7.51. The molecule has 4 aromatic carbocycles. The first kappa shape index (κ1) is 26.2. The standard InChI is InChI=1S/C33H27N3O4/c1-23(33(38)39)40-29-18-12-24(13-19-29)22-34-35-32(37)27-14-16-28(17-15-27)36-30(25-8-4-2-5-9-25)20-21-31(36)26-10-6-3-7-11-26/h2-23H,1H3,(H,35,37)(H,38,39)/b34-22-/t23-/m1/s1. The summed E-state index contributed by atoms with van der Waals surface area (Å²) in [6.45, 7) is 1.46. The van der Waals surface area contributed by atoms with E-state index in [9.17, 15) is 9.59 Å². The van der Waals surface area contributed by atoms with Gasteiger partial charge in [0.15, 0.2) is 6.10 Å². The van der Waals surface area contributed by atoms with Crippen LogP contribution in [0.4, 0.5) is 0 Å². The van der Waals surface area contributed by atoms with Crippen molar-refractivity contribution in [2.45, 2.75) is 13.0 Å². The number of carboxylic acids is 1. The number of aliphatic carboxylic acids is 1.